The van der Waals surface area contributed by atoms with Crippen LogP contribution in [0.4, 0.5) is 0 Å². The first kappa shape index (κ1) is 15.8. The minimum Gasteiger partial charge on any atom is -0.335 e. The maximum Gasteiger partial charge on any atom is 0.227 e. The summed E-state index contributed by atoms with van der Waals surface area (Å²) in [5.74, 6) is -0.0607. The molecule has 0 aliphatic carbocycles. The smallest absolute Gasteiger partial charge is 0.227 e. The quantitative estimate of drug-likeness (QED) is 0.936. The molecule has 1 heterocycles. The van der Waals surface area contributed by atoms with Gasteiger partial charge in [0.25, 0.3) is 0 Å². The van der Waals surface area contributed by atoms with Gasteiger partial charge in [0.15, 0.2) is 0 Å². The van der Waals surface area contributed by atoms with E-state index in [9.17, 15) is 4.79 Å². The van der Waals surface area contributed by atoms with Crippen LogP contribution in [0.3, 0.4) is 0 Å². The third-order valence-electron chi connectivity index (χ3n) is 4.83. The summed E-state index contributed by atoms with van der Waals surface area (Å²) in [6.45, 7) is 2.77. The second-order valence-electron chi connectivity index (χ2n) is 6.33. The van der Waals surface area contributed by atoms with Crippen LogP contribution in [-0.4, -0.2) is 17.4 Å². The number of rotatable bonds is 4. The number of nitrogens with zero attached hydrogens (tertiary/aromatic N) is 1. The van der Waals surface area contributed by atoms with Gasteiger partial charge in [0.2, 0.25) is 5.91 Å². The van der Waals surface area contributed by atoms with Crippen molar-refractivity contribution in [2.45, 2.75) is 31.8 Å². The third-order valence-corrected chi connectivity index (χ3v) is 4.83. The van der Waals surface area contributed by atoms with Crippen molar-refractivity contribution in [3.05, 3.63) is 71.8 Å². The summed E-state index contributed by atoms with van der Waals surface area (Å²) in [5, 5.41) is 0. The van der Waals surface area contributed by atoms with Crippen LogP contribution in [0.2, 0.25) is 0 Å². The molecule has 2 aromatic carbocycles. The molecule has 120 valence electrons. The van der Waals surface area contributed by atoms with E-state index < -0.39 is 0 Å². The standard InChI is InChI=1S/C20H24N2O/c1-15(19(21)17-11-6-3-7-12-17)20(23)22-14-8-13-18(22)16-9-4-2-5-10-16/h2-7,9-12,15,18-19H,8,13-14,21H2,1H3/t15-,18-,19-/m0/s1. The Balaban J connectivity index is 1.76. The van der Waals surface area contributed by atoms with Gasteiger partial charge in [0.05, 0.1) is 12.0 Å². The predicted octanol–water partition coefficient (Wildman–Crippen LogP) is 3.69. The first-order valence-electron chi connectivity index (χ1n) is 8.34. The topological polar surface area (TPSA) is 46.3 Å². The fraction of sp³-hybridized carbons (Fsp3) is 0.350. The van der Waals surface area contributed by atoms with Crippen LogP contribution < -0.4 is 5.73 Å². The maximum atomic E-state index is 13.0. The van der Waals surface area contributed by atoms with Gasteiger partial charge in [-0.2, -0.15) is 0 Å². The van der Waals surface area contributed by atoms with E-state index in [1.807, 2.05) is 60.4 Å². The molecule has 0 radical (unpaired) electrons. The van der Waals surface area contributed by atoms with Crippen molar-refractivity contribution >= 4 is 5.91 Å². The van der Waals surface area contributed by atoms with Crippen LogP contribution in [0.15, 0.2) is 60.7 Å². The predicted molar refractivity (Wildman–Crippen MR) is 92.7 cm³/mol. The van der Waals surface area contributed by atoms with Crippen molar-refractivity contribution in [1.29, 1.82) is 0 Å². The first-order chi connectivity index (χ1) is 11.2. The van der Waals surface area contributed by atoms with E-state index in [0.29, 0.717) is 0 Å². The second-order valence-corrected chi connectivity index (χ2v) is 6.33. The zero-order valence-electron chi connectivity index (χ0n) is 13.6. The normalized spacial score (nSPS) is 20.3. The Morgan fingerprint density at radius 2 is 1.70 bits per heavy atom. The van der Waals surface area contributed by atoms with Gasteiger partial charge in [-0.15, -0.1) is 0 Å². The zero-order valence-corrected chi connectivity index (χ0v) is 13.6. The third kappa shape index (κ3) is 3.30. The van der Waals surface area contributed by atoms with Crippen LogP contribution in [-0.2, 0) is 4.79 Å². The van der Waals surface area contributed by atoms with E-state index in [1.54, 1.807) is 0 Å². The number of amides is 1. The van der Waals surface area contributed by atoms with E-state index in [-0.39, 0.29) is 23.9 Å². The van der Waals surface area contributed by atoms with Gasteiger partial charge in [0, 0.05) is 12.6 Å². The maximum absolute atomic E-state index is 13.0. The lowest BCUT2D eigenvalue weighted by atomic mass is 9.93. The number of nitrogens with two attached hydrogens (primary N) is 1. The SMILES string of the molecule is C[C@H](C(=O)N1CCC[C@H]1c1ccccc1)[C@H](N)c1ccccc1. The summed E-state index contributed by atoms with van der Waals surface area (Å²) < 4.78 is 0. The highest BCUT2D eigenvalue weighted by molar-refractivity contribution is 5.80. The molecule has 1 aliphatic heterocycles. The van der Waals surface area contributed by atoms with E-state index in [2.05, 4.69) is 12.1 Å². The molecule has 1 fully saturated rings. The lowest BCUT2D eigenvalue weighted by Gasteiger charge is -2.30. The van der Waals surface area contributed by atoms with Gasteiger partial charge in [-0.1, -0.05) is 67.6 Å². The van der Waals surface area contributed by atoms with E-state index in [1.165, 1.54) is 5.56 Å². The Bertz CT molecular complexity index is 641. The van der Waals surface area contributed by atoms with Crippen molar-refractivity contribution in [3.8, 4) is 0 Å². The van der Waals surface area contributed by atoms with Gasteiger partial charge < -0.3 is 10.6 Å². The Kier molecular flexibility index (Phi) is 4.77. The fourth-order valence-electron chi connectivity index (χ4n) is 3.43. The van der Waals surface area contributed by atoms with Crippen LogP contribution in [0, 0.1) is 5.92 Å². The summed E-state index contributed by atoms with van der Waals surface area (Å²) in [6, 6.07) is 20.1. The Hall–Kier alpha value is -2.13. The van der Waals surface area contributed by atoms with E-state index in [0.717, 1.165) is 24.9 Å². The number of hydrogen-bond acceptors (Lipinski definition) is 2. The monoisotopic (exact) mass is 308 g/mol. The van der Waals surface area contributed by atoms with Crippen molar-refractivity contribution < 1.29 is 4.79 Å². The number of carbonyl (C=O) groups is 1. The van der Waals surface area contributed by atoms with Gasteiger partial charge in [0.1, 0.15) is 0 Å². The fourth-order valence-corrected chi connectivity index (χ4v) is 3.43. The highest BCUT2D eigenvalue weighted by Crippen LogP contribution is 2.34. The summed E-state index contributed by atoms with van der Waals surface area (Å²) in [6.07, 6.45) is 2.08. The zero-order chi connectivity index (χ0) is 16.2. The highest BCUT2D eigenvalue weighted by Gasteiger charge is 2.34. The molecule has 3 heteroatoms. The molecule has 3 nitrogen and oxygen atoms in total. The molecule has 0 saturated carbocycles. The molecule has 0 bridgehead atoms. The van der Waals surface area contributed by atoms with Gasteiger partial charge in [-0.25, -0.2) is 0 Å². The average molecular weight is 308 g/mol. The summed E-state index contributed by atoms with van der Waals surface area (Å²) in [7, 11) is 0. The highest BCUT2D eigenvalue weighted by atomic mass is 16.2. The summed E-state index contributed by atoms with van der Waals surface area (Å²) in [5.41, 5.74) is 8.58. The first-order valence-corrected chi connectivity index (χ1v) is 8.34. The molecule has 1 amide bonds. The molecule has 2 aromatic rings. The number of hydrogen-bond donors (Lipinski definition) is 1. The van der Waals surface area contributed by atoms with E-state index >= 15 is 0 Å². The number of carbonyl (C=O) groups excluding carboxylic acids is 1. The second kappa shape index (κ2) is 6.97. The Labute approximate surface area is 138 Å². The average Bonchev–Trinajstić information content (AvgIpc) is 3.11. The lowest BCUT2D eigenvalue weighted by molar-refractivity contribution is -0.136. The minimum absolute atomic E-state index is 0.160. The minimum atomic E-state index is -0.263. The number of likely N-dealkylation sites (tertiary alicyclic amines) is 1. The molecular weight excluding hydrogens is 284 g/mol. The van der Waals surface area contributed by atoms with Crippen molar-refractivity contribution in [2.24, 2.45) is 11.7 Å². The lowest BCUT2D eigenvalue weighted by Crippen LogP contribution is -2.39. The van der Waals surface area contributed by atoms with Crippen LogP contribution >= 0.6 is 0 Å². The molecule has 3 atom stereocenters. The van der Waals surface area contributed by atoms with Crippen molar-refractivity contribution in [3.63, 3.8) is 0 Å². The molecule has 1 saturated heterocycles. The van der Waals surface area contributed by atoms with Crippen LogP contribution in [0.5, 0.6) is 0 Å². The van der Waals surface area contributed by atoms with E-state index in [4.69, 9.17) is 5.73 Å². The Morgan fingerprint density at radius 1 is 1.09 bits per heavy atom. The largest absolute Gasteiger partial charge is 0.335 e. The van der Waals surface area contributed by atoms with Gasteiger partial charge in [-0.3, -0.25) is 4.79 Å². The molecular formula is C20H24N2O. The summed E-state index contributed by atoms with van der Waals surface area (Å²) in [4.78, 5) is 15.0. The molecule has 1 aliphatic rings. The number of benzene rings is 2. The van der Waals surface area contributed by atoms with Crippen LogP contribution in [0.25, 0.3) is 0 Å². The molecule has 0 aromatic heterocycles. The van der Waals surface area contributed by atoms with Gasteiger partial charge in [-0.05, 0) is 24.0 Å². The molecule has 0 spiro atoms. The molecule has 3 rings (SSSR count). The molecule has 0 unspecified atom stereocenters. The Morgan fingerprint density at radius 3 is 2.35 bits per heavy atom. The molecule has 2 N–H and O–H groups in total. The summed E-state index contributed by atoms with van der Waals surface area (Å²) >= 11 is 0. The van der Waals surface area contributed by atoms with Crippen LogP contribution in [0.1, 0.15) is 43.0 Å². The van der Waals surface area contributed by atoms with Crippen molar-refractivity contribution in [1.82, 2.24) is 4.90 Å². The van der Waals surface area contributed by atoms with Gasteiger partial charge >= 0.3 is 0 Å². The van der Waals surface area contributed by atoms with Crippen molar-refractivity contribution in [2.75, 3.05) is 6.54 Å². The molecule has 23 heavy (non-hydrogen) atoms.